The van der Waals surface area contributed by atoms with Crippen LogP contribution in [0.15, 0.2) is 0 Å². The van der Waals surface area contributed by atoms with Crippen molar-refractivity contribution < 1.29 is 4.79 Å². The standard InChI is InChI=1S/C12H22N2O/c1-5-7-8-10(3)14-11(15)12(4,6-2)9-13/h10H,5-8H2,1-4H3,(H,14,15). The second-order valence-electron chi connectivity index (χ2n) is 4.31. The highest BCUT2D eigenvalue weighted by Crippen LogP contribution is 2.20. The van der Waals surface area contributed by atoms with Crippen molar-refractivity contribution >= 4 is 5.91 Å². The average Bonchev–Trinajstić information content (AvgIpc) is 2.24. The number of nitriles is 1. The van der Waals surface area contributed by atoms with Crippen LogP contribution < -0.4 is 5.32 Å². The fraction of sp³-hybridized carbons (Fsp3) is 0.833. The van der Waals surface area contributed by atoms with Gasteiger partial charge in [-0.05, 0) is 26.7 Å². The second kappa shape index (κ2) is 6.44. The van der Waals surface area contributed by atoms with Crippen LogP contribution in [0.1, 0.15) is 53.4 Å². The highest BCUT2D eigenvalue weighted by molar-refractivity contribution is 5.85. The van der Waals surface area contributed by atoms with Gasteiger partial charge in [0.15, 0.2) is 0 Å². The first-order valence-electron chi connectivity index (χ1n) is 5.72. The van der Waals surface area contributed by atoms with Gasteiger partial charge in [-0.3, -0.25) is 4.79 Å². The molecule has 0 radical (unpaired) electrons. The van der Waals surface area contributed by atoms with Gasteiger partial charge in [-0.1, -0.05) is 26.7 Å². The van der Waals surface area contributed by atoms with Gasteiger partial charge in [-0.25, -0.2) is 0 Å². The minimum Gasteiger partial charge on any atom is -0.352 e. The summed E-state index contributed by atoms with van der Waals surface area (Å²) in [5.74, 6) is -0.142. The monoisotopic (exact) mass is 210 g/mol. The van der Waals surface area contributed by atoms with Crippen molar-refractivity contribution in [1.82, 2.24) is 5.32 Å². The molecule has 0 aromatic rings. The van der Waals surface area contributed by atoms with Crippen LogP contribution in [-0.2, 0) is 4.79 Å². The largest absolute Gasteiger partial charge is 0.352 e. The van der Waals surface area contributed by atoms with E-state index in [2.05, 4.69) is 18.3 Å². The molecule has 2 atom stereocenters. The third-order valence-corrected chi connectivity index (χ3v) is 2.82. The van der Waals surface area contributed by atoms with Gasteiger partial charge in [-0.15, -0.1) is 0 Å². The summed E-state index contributed by atoms with van der Waals surface area (Å²) in [4.78, 5) is 11.8. The van der Waals surface area contributed by atoms with Crippen molar-refractivity contribution in [2.75, 3.05) is 0 Å². The fourth-order valence-corrected chi connectivity index (χ4v) is 1.26. The lowest BCUT2D eigenvalue weighted by Gasteiger charge is -2.22. The Kier molecular flexibility index (Phi) is 6.00. The normalized spacial score (nSPS) is 16.2. The molecule has 86 valence electrons. The third-order valence-electron chi connectivity index (χ3n) is 2.82. The molecule has 0 aliphatic heterocycles. The molecule has 0 aliphatic carbocycles. The summed E-state index contributed by atoms with van der Waals surface area (Å²) in [5, 5.41) is 11.8. The Bertz CT molecular complexity index is 244. The zero-order valence-electron chi connectivity index (χ0n) is 10.3. The Morgan fingerprint density at radius 1 is 1.53 bits per heavy atom. The lowest BCUT2D eigenvalue weighted by molar-refractivity contribution is -0.128. The van der Waals surface area contributed by atoms with Crippen molar-refractivity contribution in [2.45, 2.75) is 59.4 Å². The summed E-state index contributed by atoms with van der Waals surface area (Å²) in [5.41, 5.74) is -0.875. The van der Waals surface area contributed by atoms with Gasteiger partial charge in [-0.2, -0.15) is 5.26 Å². The first-order valence-corrected chi connectivity index (χ1v) is 5.72. The lowest BCUT2D eigenvalue weighted by Crippen LogP contribution is -2.42. The molecule has 2 unspecified atom stereocenters. The Morgan fingerprint density at radius 2 is 2.13 bits per heavy atom. The summed E-state index contributed by atoms with van der Waals surface area (Å²) in [6.45, 7) is 7.66. The second-order valence-corrected chi connectivity index (χ2v) is 4.31. The highest BCUT2D eigenvalue weighted by atomic mass is 16.2. The first kappa shape index (κ1) is 14.0. The molecule has 0 saturated carbocycles. The summed E-state index contributed by atoms with van der Waals surface area (Å²) >= 11 is 0. The van der Waals surface area contributed by atoms with Crippen LogP contribution in [0, 0.1) is 16.7 Å². The maximum atomic E-state index is 11.8. The molecule has 0 saturated heterocycles. The number of nitrogens with zero attached hydrogens (tertiary/aromatic N) is 1. The molecule has 1 amide bonds. The zero-order chi connectivity index (χ0) is 11.9. The molecule has 0 heterocycles. The molecule has 3 heteroatoms. The van der Waals surface area contributed by atoms with Crippen molar-refractivity contribution in [3.05, 3.63) is 0 Å². The Labute approximate surface area is 92.9 Å². The fourth-order valence-electron chi connectivity index (χ4n) is 1.26. The third kappa shape index (κ3) is 4.33. The quantitative estimate of drug-likeness (QED) is 0.732. The van der Waals surface area contributed by atoms with Crippen LogP contribution in [0.2, 0.25) is 0 Å². The van der Waals surface area contributed by atoms with E-state index in [1.54, 1.807) is 6.92 Å². The summed E-state index contributed by atoms with van der Waals surface area (Å²) < 4.78 is 0. The number of amides is 1. The molecule has 3 nitrogen and oxygen atoms in total. The molecule has 0 spiro atoms. The number of nitrogens with one attached hydrogen (secondary N) is 1. The summed E-state index contributed by atoms with van der Waals surface area (Å²) in [6, 6.07) is 2.24. The minimum atomic E-state index is -0.875. The van der Waals surface area contributed by atoms with Gasteiger partial charge >= 0.3 is 0 Å². The maximum absolute atomic E-state index is 11.8. The van der Waals surface area contributed by atoms with Gasteiger partial charge in [0.05, 0.1) is 6.07 Å². The van der Waals surface area contributed by atoms with E-state index in [0.29, 0.717) is 6.42 Å². The van der Waals surface area contributed by atoms with Gasteiger partial charge in [0.2, 0.25) is 5.91 Å². The molecular weight excluding hydrogens is 188 g/mol. The molecule has 0 aromatic heterocycles. The molecule has 0 aromatic carbocycles. The molecular formula is C12H22N2O. The zero-order valence-corrected chi connectivity index (χ0v) is 10.3. The average molecular weight is 210 g/mol. The first-order chi connectivity index (χ1) is 7.00. The molecule has 0 rings (SSSR count). The predicted octanol–water partition coefficient (Wildman–Crippen LogP) is 2.62. The van der Waals surface area contributed by atoms with E-state index in [4.69, 9.17) is 5.26 Å². The molecule has 1 N–H and O–H groups in total. The lowest BCUT2D eigenvalue weighted by atomic mass is 9.88. The van der Waals surface area contributed by atoms with Crippen molar-refractivity contribution in [3.63, 3.8) is 0 Å². The molecule has 0 fully saturated rings. The number of rotatable bonds is 6. The minimum absolute atomic E-state index is 0.142. The van der Waals surface area contributed by atoms with E-state index in [1.165, 1.54) is 0 Å². The van der Waals surface area contributed by atoms with E-state index in [9.17, 15) is 4.79 Å². The molecule has 15 heavy (non-hydrogen) atoms. The molecule has 0 aliphatic rings. The van der Waals surface area contributed by atoms with E-state index in [0.717, 1.165) is 19.3 Å². The van der Waals surface area contributed by atoms with Crippen LogP contribution in [0.25, 0.3) is 0 Å². The van der Waals surface area contributed by atoms with Crippen LogP contribution in [0.3, 0.4) is 0 Å². The van der Waals surface area contributed by atoms with E-state index >= 15 is 0 Å². The molecule has 0 bridgehead atoms. The van der Waals surface area contributed by atoms with Crippen molar-refractivity contribution in [1.29, 1.82) is 5.26 Å². The maximum Gasteiger partial charge on any atom is 0.240 e. The smallest absolute Gasteiger partial charge is 0.240 e. The van der Waals surface area contributed by atoms with Gasteiger partial charge < -0.3 is 5.32 Å². The number of hydrogen-bond acceptors (Lipinski definition) is 2. The number of carbonyl (C=O) groups is 1. The summed E-state index contributed by atoms with van der Waals surface area (Å²) in [7, 11) is 0. The Morgan fingerprint density at radius 3 is 2.53 bits per heavy atom. The number of hydrogen-bond donors (Lipinski definition) is 1. The van der Waals surface area contributed by atoms with Crippen LogP contribution in [-0.4, -0.2) is 11.9 Å². The van der Waals surface area contributed by atoms with Crippen LogP contribution in [0.5, 0.6) is 0 Å². The number of carbonyl (C=O) groups excluding carboxylic acids is 1. The summed E-state index contributed by atoms with van der Waals surface area (Å²) in [6.07, 6.45) is 3.77. The van der Waals surface area contributed by atoms with Gasteiger partial charge in [0, 0.05) is 6.04 Å². The number of unbranched alkanes of at least 4 members (excludes halogenated alkanes) is 1. The predicted molar refractivity (Wildman–Crippen MR) is 61.1 cm³/mol. The van der Waals surface area contributed by atoms with Crippen molar-refractivity contribution in [3.8, 4) is 6.07 Å². The Balaban J connectivity index is 4.18. The van der Waals surface area contributed by atoms with E-state index in [-0.39, 0.29) is 11.9 Å². The van der Waals surface area contributed by atoms with Crippen molar-refractivity contribution in [2.24, 2.45) is 5.41 Å². The SMILES string of the molecule is CCCCC(C)NC(=O)C(C)(C#N)CC. The van der Waals surface area contributed by atoms with E-state index < -0.39 is 5.41 Å². The van der Waals surface area contributed by atoms with Gasteiger partial charge in [0.25, 0.3) is 0 Å². The van der Waals surface area contributed by atoms with Crippen LogP contribution in [0.4, 0.5) is 0 Å². The van der Waals surface area contributed by atoms with Gasteiger partial charge in [0.1, 0.15) is 5.41 Å². The topological polar surface area (TPSA) is 52.9 Å². The highest BCUT2D eigenvalue weighted by Gasteiger charge is 2.31. The Hall–Kier alpha value is -1.04. The van der Waals surface area contributed by atoms with E-state index in [1.807, 2.05) is 13.8 Å². The van der Waals surface area contributed by atoms with Crippen LogP contribution >= 0.6 is 0 Å².